The molecule has 0 aliphatic rings. The summed E-state index contributed by atoms with van der Waals surface area (Å²) in [6, 6.07) is 13.5. The van der Waals surface area contributed by atoms with E-state index in [4.69, 9.17) is 16.3 Å². The third-order valence-electron chi connectivity index (χ3n) is 2.77. The molecule has 0 fully saturated rings. The van der Waals surface area contributed by atoms with Crippen LogP contribution in [0.3, 0.4) is 0 Å². The lowest BCUT2D eigenvalue weighted by Gasteiger charge is -2.05. The van der Waals surface area contributed by atoms with Gasteiger partial charge in [0, 0.05) is 11.4 Å². The molecule has 4 heteroatoms. The zero-order chi connectivity index (χ0) is 14.4. The quantitative estimate of drug-likeness (QED) is 0.809. The van der Waals surface area contributed by atoms with Crippen LogP contribution in [-0.4, -0.2) is 12.4 Å². The lowest BCUT2D eigenvalue weighted by atomic mass is 10.1. The van der Waals surface area contributed by atoms with Crippen molar-refractivity contribution in [2.24, 2.45) is 0 Å². The number of rotatable bonds is 6. The van der Waals surface area contributed by atoms with E-state index in [-0.39, 0.29) is 24.6 Å². The molecule has 0 aliphatic carbocycles. The van der Waals surface area contributed by atoms with Gasteiger partial charge < -0.3 is 4.74 Å². The Labute approximate surface area is 122 Å². The molecular weight excluding hydrogens is 279 g/mol. The van der Waals surface area contributed by atoms with Gasteiger partial charge in [-0.3, -0.25) is 4.79 Å². The van der Waals surface area contributed by atoms with Crippen LogP contribution in [0.1, 0.15) is 11.1 Å². The smallest absolute Gasteiger partial charge is 0.162 e. The normalized spacial score (nSPS) is 10.5. The average Bonchev–Trinajstić information content (AvgIpc) is 2.41. The minimum absolute atomic E-state index is 0.0408. The van der Waals surface area contributed by atoms with Crippen molar-refractivity contribution >= 4 is 17.4 Å². The Morgan fingerprint density at radius 3 is 2.70 bits per heavy atom. The highest BCUT2D eigenvalue weighted by atomic mass is 35.5. The zero-order valence-electron chi connectivity index (χ0n) is 10.8. The Balaban J connectivity index is 1.80. The predicted octanol–water partition coefficient (Wildman–Crippen LogP) is 3.81. The third-order valence-corrected chi connectivity index (χ3v) is 3.00. The van der Waals surface area contributed by atoms with Crippen molar-refractivity contribution in [1.82, 2.24) is 0 Å². The Morgan fingerprint density at radius 2 is 1.95 bits per heavy atom. The van der Waals surface area contributed by atoms with Gasteiger partial charge >= 0.3 is 0 Å². The lowest BCUT2D eigenvalue weighted by molar-refractivity contribution is -0.123. The first-order valence-electron chi connectivity index (χ1n) is 6.22. The van der Waals surface area contributed by atoms with Crippen LogP contribution < -0.4 is 0 Å². The highest BCUT2D eigenvalue weighted by molar-refractivity contribution is 6.30. The maximum absolute atomic E-state index is 13.4. The molecule has 2 nitrogen and oxygen atoms in total. The monoisotopic (exact) mass is 292 g/mol. The fourth-order valence-electron chi connectivity index (χ4n) is 1.81. The molecule has 2 rings (SSSR count). The van der Waals surface area contributed by atoms with Crippen molar-refractivity contribution < 1.29 is 13.9 Å². The predicted molar refractivity (Wildman–Crippen MR) is 76.2 cm³/mol. The first-order chi connectivity index (χ1) is 9.65. The van der Waals surface area contributed by atoms with Crippen molar-refractivity contribution in [3.05, 3.63) is 70.5 Å². The van der Waals surface area contributed by atoms with Crippen molar-refractivity contribution in [3.63, 3.8) is 0 Å². The molecule has 0 aromatic heterocycles. The summed E-state index contributed by atoms with van der Waals surface area (Å²) < 4.78 is 18.7. The van der Waals surface area contributed by atoms with Gasteiger partial charge in [0.05, 0.1) is 6.61 Å². The maximum atomic E-state index is 13.4. The number of Topliss-reactive ketones (excluding diaryl/α,β-unsaturated/α-hetero) is 1. The first kappa shape index (κ1) is 14.7. The summed E-state index contributed by atoms with van der Waals surface area (Å²) in [7, 11) is 0. The standard InChI is InChI=1S/C16H14ClFO2/c17-14-6-3-4-12(8-14)10-20-11-15(19)9-13-5-1-2-7-16(13)18/h1-8H,9-11H2. The van der Waals surface area contributed by atoms with Crippen LogP contribution in [0, 0.1) is 5.82 Å². The second-order valence-electron chi connectivity index (χ2n) is 4.43. The molecule has 0 heterocycles. The molecule has 0 aliphatic heterocycles. The van der Waals surface area contributed by atoms with Gasteiger partial charge in [0.15, 0.2) is 5.78 Å². The molecule has 2 aromatic rings. The molecule has 20 heavy (non-hydrogen) atoms. The molecule has 0 unspecified atom stereocenters. The Bertz CT molecular complexity index is 599. The summed E-state index contributed by atoms with van der Waals surface area (Å²) in [5, 5.41) is 0.629. The van der Waals surface area contributed by atoms with E-state index in [9.17, 15) is 9.18 Å². The third kappa shape index (κ3) is 4.44. The number of halogens is 2. The van der Waals surface area contributed by atoms with Gasteiger partial charge in [-0.2, -0.15) is 0 Å². The van der Waals surface area contributed by atoms with Gasteiger partial charge in [0.25, 0.3) is 0 Å². The van der Waals surface area contributed by atoms with E-state index in [1.165, 1.54) is 6.07 Å². The molecule has 2 aromatic carbocycles. The molecule has 0 bridgehead atoms. The molecule has 0 saturated carbocycles. The molecular formula is C16H14ClFO2. The summed E-state index contributed by atoms with van der Waals surface area (Å²) >= 11 is 5.85. The Kier molecular flexibility index (Phi) is 5.27. The van der Waals surface area contributed by atoms with E-state index < -0.39 is 0 Å². The number of carbonyl (C=O) groups excluding carboxylic acids is 1. The number of carbonyl (C=O) groups is 1. The zero-order valence-corrected chi connectivity index (χ0v) is 11.6. The minimum atomic E-state index is -0.365. The highest BCUT2D eigenvalue weighted by Crippen LogP contribution is 2.12. The van der Waals surface area contributed by atoms with E-state index in [1.54, 1.807) is 30.3 Å². The molecule has 0 radical (unpaired) electrons. The average molecular weight is 293 g/mol. The topological polar surface area (TPSA) is 26.3 Å². The molecule has 0 saturated heterocycles. The van der Waals surface area contributed by atoms with Crippen molar-refractivity contribution in [2.45, 2.75) is 13.0 Å². The second-order valence-corrected chi connectivity index (χ2v) is 4.87. The van der Waals surface area contributed by atoms with Gasteiger partial charge in [-0.15, -0.1) is 0 Å². The molecule has 0 atom stereocenters. The van der Waals surface area contributed by atoms with E-state index in [1.807, 2.05) is 12.1 Å². The lowest BCUT2D eigenvalue weighted by Crippen LogP contribution is -2.12. The van der Waals surface area contributed by atoms with Crippen LogP contribution in [0.2, 0.25) is 5.02 Å². The van der Waals surface area contributed by atoms with Crippen LogP contribution in [-0.2, 0) is 22.6 Å². The minimum Gasteiger partial charge on any atom is -0.369 e. The van der Waals surface area contributed by atoms with Gasteiger partial charge in [-0.25, -0.2) is 4.39 Å². The Morgan fingerprint density at radius 1 is 1.15 bits per heavy atom. The van der Waals surface area contributed by atoms with Crippen LogP contribution in [0.25, 0.3) is 0 Å². The number of ether oxygens (including phenoxy) is 1. The van der Waals surface area contributed by atoms with Gasteiger partial charge in [-0.05, 0) is 29.3 Å². The van der Waals surface area contributed by atoms with Gasteiger partial charge in [0.2, 0.25) is 0 Å². The van der Waals surface area contributed by atoms with E-state index >= 15 is 0 Å². The molecule has 0 N–H and O–H groups in total. The van der Waals surface area contributed by atoms with Crippen LogP contribution in [0.5, 0.6) is 0 Å². The van der Waals surface area contributed by atoms with Crippen molar-refractivity contribution in [1.29, 1.82) is 0 Å². The van der Waals surface area contributed by atoms with Crippen molar-refractivity contribution in [2.75, 3.05) is 6.61 Å². The second kappa shape index (κ2) is 7.17. The fraction of sp³-hybridized carbons (Fsp3) is 0.188. The van der Waals surface area contributed by atoms with Crippen molar-refractivity contribution in [3.8, 4) is 0 Å². The Hall–Kier alpha value is -1.71. The molecule has 104 valence electrons. The number of hydrogen-bond acceptors (Lipinski definition) is 2. The van der Waals surface area contributed by atoms with E-state index in [0.717, 1.165) is 5.56 Å². The highest BCUT2D eigenvalue weighted by Gasteiger charge is 2.08. The first-order valence-corrected chi connectivity index (χ1v) is 6.60. The summed E-state index contributed by atoms with van der Waals surface area (Å²) in [4.78, 5) is 11.7. The molecule has 0 spiro atoms. The van der Waals surface area contributed by atoms with Crippen LogP contribution >= 0.6 is 11.6 Å². The number of benzene rings is 2. The summed E-state index contributed by atoms with van der Waals surface area (Å²) in [5.74, 6) is -0.521. The molecule has 0 amide bonds. The summed E-state index contributed by atoms with van der Waals surface area (Å²) in [6.45, 7) is 0.268. The van der Waals surface area contributed by atoms with Crippen LogP contribution in [0.4, 0.5) is 4.39 Å². The fourth-order valence-corrected chi connectivity index (χ4v) is 2.03. The van der Waals surface area contributed by atoms with Gasteiger partial charge in [-0.1, -0.05) is 41.9 Å². The maximum Gasteiger partial charge on any atom is 0.162 e. The largest absolute Gasteiger partial charge is 0.369 e. The van der Waals surface area contributed by atoms with Crippen LogP contribution in [0.15, 0.2) is 48.5 Å². The number of ketones is 1. The summed E-state index contributed by atoms with van der Waals surface area (Å²) in [6.07, 6.45) is 0.0439. The van der Waals surface area contributed by atoms with E-state index in [2.05, 4.69) is 0 Å². The van der Waals surface area contributed by atoms with E-state index in [0.29, 0.717) is 17.2 Å². The van der Waals surface area contributed by atoms with Gasteiger partial charge in [0.1, 0.15) is 12.4 Å². The number of hydrogen-bond donors (Lipinski definition) is 0. The summed E-state index contributed by atoms with van der Waals surface area (Å²) in [5.41, 5.74) is 1.29. The SMILES string of the molecule is O=C(COCc1cccc(Cl)c1)Cc1ccccc1F.